The molecule has 0 atom stereocenters. The van der Waals surface area contributed by atoms with Crippen molar-refractivity contribution in [2.45, 2.75) is 0 Å². The molecule has 6 nitrogen and oxygen atoms in total. The van der Waals surface area contributed by atoms with Crippen LogP contribution in [0.5, 0.6) is 0 Å². The second kappa shape index (κ2) is 12.1. The van der Waals surface area contributed by atoms with E-state index in [0.29, 0.717) is 23.2 Å². The number of aromatic nitrogens is 4. The van der Waals surface area contributed by atoms with Gasteiger partial charge < -0.3 is 8.83 Å². The standard InChI is InChI=1S/C48H28N4O2/c1-2-12-29(13-3-1)30-14-10-15-31(28-30)45-50-46(52-47(51-45)39-20-11-23-42-43(39)37-18-6-8-21-40(37)53-42)36-25-24-34(32-16-4-5-17-33(32)36)35-26-27-49-48-44(35)38-19-7-9-22-41(38)54-48/h1-28H. The molecule has 7 aromatic carbocycles. The second-order valence-electron chi connectivity index (χ2n) is 13.4. The van der Waals surface area contributed by atoms with Crippen molar-refractivity contribution in [2.75, 3.05) is 0 Å². The van der Waals surface area contributed by atoms with Gasteiger partial charge in [0.25, 0.3) is 0 Å². The number of rotatable bonds is 5. The van der Waals surface area contributed by atoms with Gasteiger partial charge >= 0.3 is 0 Å². The van der Waals surface area contributed by atoms with Gasteiger partial charge in [-0.15, -0.1) is 0 Å². The van der Waals surface area contributed by atoms with Crippen molar-refractivity contribution < 1.29 is 8.83 Å². The van der Waals surface area contributed by atoms with Crippen LogP contribution in [0.3, 0.4) is 0 Å². The smallest absolute Gasteiger partial charge is 0.227 e. The molecular formula is C48H28N4O2. The Morgan fingerprint density at radius 1 is 0.333 bits per heavy atom. The highest BCUT2D eigenvalue weighted by Gasteiger charge is 2.21. The summed E-state index contributed by atoms with van der Waals surface area (Å²) >= 11 is 0. The van der Waals surface area contributed by atoms with Gasteiger partial charge in [-0.2, -0.15) is 0 Å². The van der Waals surface area contributed by atoms with Crippen molar-refractivity contribution in [1.29, 1.82) is 0 Å². The Kier molecular flexibility index (Phi) is 6.75. The molecule has 0 aliphatic heterocycles. The molecule has 54 heavy (non-hydrogen) atoms. The molecule has 11 rings (SSSR count). The Bertz CT molecular complexity index is 3240. The molecular weight excluding hydrogens is 665 g/mol. The lowest BCUT2D eigenvalue weighted by molar-refractivity contribution is 0.654. The number of pyridine rings is 1. The van der Waals surface area contributed by atoms with Gasteiger partial charge in [-0.1, -0.05) is 127 Å². The monoisotopic (exact) mass is 692 g/mol. The fourth-order valence-electron chi connectivity index (χ4n) is 7.78. The van der Waals surface area contributed by atoms with E-state index in [9.17, 15) is 0 Å². The molecule has 0 bridgehead atoms. The number of para-hydroxylation sites is 2. The summed E-state index contributed by atoms with van der Waals surface area (Å²) in [5, 5.41) is 6.13. The first-order valence-corrected chi connectivity index (χ1v) is 17.9. The zero-order valence-electron chi connectivity index (χ0n) is 28.8. The highest BCUT2D eigenvalue weighted by molar-refractivity contribution is 6.16. The lowest BCUT2D eigenvalue weighted by atomic mass is 9.93. The predicted molar refractivity (Wildman–Crippen MR) is 217 cm³/mol. The molecule has 4 heterocycles. The van der Waals surface area contributed by atoms with Gasteiger partial charge in [0.15, 0.2) is 17.5 Å². The van der Waals surface area contributed by atoms with Crippen LogP contribution in [0.15, 0.2) is 179 Å². The summed E-state index contributed by atoms with van der Waals surface area (Å²) in [7, 11) is 0. The van der Waals surface area contributed by atoms with Crippen molar-refractivity contribution in [3.05, 3.63) is 170 Å². The summed E-state index contributed by atoms with van der Waals surface area (Å²) in [6.07, 6.45) is 1.82. The second-order valence-corrected chi connectivity index (χ2v) is 13.4. The molecule has 0 spiro atoms. The van der Waals surface area contributed by atoms with E-state index in [1.165, 1.54) is 0 Å². The number of fused-ring (bicyclic) bond motifs is 7. The summed E-state index contributed by atoms with van der Waals surface area (Å²) in [6, 6.07) is 55.8. The van der Waals surface area contributed by atoms with Crippen LogP contribution in [0.2, 0.25) is 0 Å². The summed E-state index contributed by atoms with van der Waals surface area (Å²) in [5.74, 6) is 1.75. The highest BCUT2D eigenvalue weighted by Crippen LogP contribution is 2.42. The average molecular weight is 693 g/mol. The Balaban J connectivity index is 1.16. The van der Waals surface area contributed by atoms with E-state index in [-0.39, 0.29) is 0 Å². The van der Waals surface area contributed by atoms with Crippen LogP contribution in [-0.4, -0.2) is 19.9 Å². The molecule has 4 aromatic heterocycles. The third-order valence-electron chi connectivity index (χ3n) is 10.2. The summed E-state index contributed by atoms with van der Waals surface area (Å²) in [6.45, 7) is 0. The Morgan fingerprint density at radius 2 is 0.907 bits per heavy atom. The van der Waals surface area contributed by atoms with Crippen LogP contribution < -0.4 is 0 Å². The molecule has 0 N–H and O–H groups in total. The zero-order chi connectivity index (χ0) is 35.6. The molecule has 0 unspecified atom stereocenters. The van der Waals surface area contributed by atoms with E-state index in [0.717, 1.165) is 88.0 Å². The van der Waals surface area contributed by atoms with Gasteiger partial charge in [0, 0.05) is 39.0 Å². The topological polar surface area (TPSA) is 77.8 Å². The van der Waals surface area contributed by atoms with Crippen molar-refractivity contribution in [2.24, 2.45) is 0 Å². The van der Waals surface area contributed by atoms with Crippen molar-refractivity contribution in [3.63, 3.8) is 0 Å². The van der Waals surface area contributed by atoms with E-state index in [1.54, 1.807) is 0 Å². The molecule has 11 aromatic rings. The van der Waals surface area contributed by atoms with E-state index in [4.69, 9.17) is 23.8 Å². The number of hydrogen-bond acceptors (Lipinski definition) is 6. The molecule has 6 heteroatoms. The molecule has 0 aliphatic rings. The average Bonchev–Trinajstić information content (AvgIpc) is 3.82. The van der Waals surface area contributed by atoms with Crippen LogP contribution in [0.25, 0.3) is 111 Å². The van der Waals surface area contributed by atoms with E-state index >= 15 is 0 Å². The lowest BCUT2D eigenvalue weighted by Gasteiger charge is -2.14. The molecule has 252 valence electrons. The molecule has 0 saturated heterocycles. The maximum Gasteiger partial charge on any atom is 0.227 e. The first kappa shape index (κ1) is 30.2. The largest absolute Gasteiger partial charge is 0.456 e. The van der Waals surface area contributed by atoms with Gasteiger partial charge in [0.05, 0.1) is 5.39 Å². The Labute approximate surface area is 309 Å². The van der Waals surface area contributed by atoms with Crippen LogP contribution in [0.1, 0.15) is 0 Å². The van der Waals surface area contributed by atoms with Crippen LogP contribution in [0, 0.1) is 0 Å². The number of nitrogens with zero attached hydrogens (tertiary/aromatic N) is 4. The van der Waals surface area contributed by atoms with Crippen molar-refractivity contribution in [3.8, 4) is 56.4 Å². The molecule has 0 fully saturated rings. The minimum absolute atomic E-state index is 0.575. The molecule has 0 saturated carbocycles. The van der Waals surface area contributed by atoms with Gasteiger partial charge in [-0.3, -0.25) is 0 Å². The zero-order valence-corrected chi connectivity index (χ0v) is 28.8. The van der Waals surface area contributed by atoms with Crippen molar-refractivity contribution >= 4 is 54.8 Å². The number of benzene rings is 7. The third kappa shape index (κ3) is 4.81. The van der Waals surface area contributed by atoms with Gasteiger partial charge in [0.1, 0.15) is 16.7 Å². The predicted octanol–water partition coefficient (Wildman–Crippen LogP) is 12.6. The SMILES string of the molecule is c1ccc(-c2cccc(-c3nc(-c4ccc(-c5ccnc6oc7ccccc7c56)c5ccccc45)nc(-c4cccc5oc6ccccc6c45)n3)c2)cc1. The normalized spacial score (nSPS) is 11.7. The number of furan rings is 2. The van der Waals surface area contributed by atoms with Gasteiger partial charge in [-0.05, 0) is 69.4 Å². The van der Waals surface area contributed by atoms with E-state index in [2.05, 4.69) is 114 Å². The lowest BCUT2D eigenvalue weighted by Crippen LogP contribution is -2.01. The summed E-state index contributed by atoms with van der Waals surface area (Å²) in [5.41, 5.74) is 10.1. The van der Waals surface area contributed by atoms with Crippen LogP contribution in [-0.2, 0) is 0 Å². The molecule has 0 amide bonds. The first-order valence-electron chi connectivity index (χ1n) is 17.9. The molecule has 0 radical (unpaired) electrons. The fourth-order valence-corrected chi connectivity index (χ4v) is 7.78. The first-order chi connectivity index (χ1) is 26.8. The maximum atomic E-state index is 6.29. The number of hydrogen-bond donors (Lipinski definition) is 0. The summed E-state index contributed by atoms with van der Waals surface area (Å²) in [4.78, 5) is 20.3. The minimum Gasteiger partial charge on any atom is -0.456 e. The fraction of sp³-hybridized carbons (Fsp3) is 0. The van der Waals surface area contributed by atoms with Crippen LogP contribution >= 0.6 is 0 Å². The van der Waals surface area contributed by atoms with Crippen LogP contribution in [0.4, 0.5) is 0 Å². The Hall–Kier alpha value is -7.44. The molecule has 0 aliphatic carbocycles. The quantitative estimate of drug-likeness (QED) is 0.179. The van der Waals surface area contributed by atoms with Gasteiger partial charge in [-0.25, -0.2) is 19.9 Å². The van der Waals surface area contributed by atoms with Crippen molar-refractivity contribution in [1.82, 2.24) is 19.9 Å². The Morgan fingerprint density at radius 3 is 1.72 bits per heavy atom. The van der Waals surface area contributed by atoms with Gasteiger partial charge in [0.2, 0.25) is 5.71 Å². The maximum absolute atomic E-state index is 6.29. The highest BCUT2D eigenvalue weighted by atomic mass is 16.3. The minimum atomic E-state index is 0.575. The third-order valence-corrected chi connectivity index (χ3v) is 10.2. The van der Waals surface area contributed by atoms with E-state index < -0.39 is 0 Å². The van der Waals surface area contributed by atoms with E-state index in [1.807, 2.05) is 60.8 Å². The summed E-state index contributed by atoms with van der Waals surface area (Å²) < 4.78 is 12.5.